The molecule has 0 bridgehead atoms. The van der Waals surface area contributed by atoms with Gasteiger partial charge in [-0.3, -0.25) is 9.48 Å². The lowest BCUT2D eigenvalue weighted by Gasteiger charge is -2.08. The molecule has 0 fully saturated rings. The Hall–Kier alpha value is -3.60. The fourth-order valence-electron chi connectivity index (χ4n) is 3.03. The number of aromatic nitrogens is 2. The first kappa shape index (κ1) is 17.8. The Morgan fingerprint density at radius 1 is 0.964 bits per heavy atom. The van der Waals surface area contributed by atoms with Gasteiger partial charge in [0, 0.05) is 6.20 Å². The van der Waals surface area contributed by atoms with E-state index in [2.05, 4.69) is 22.5 Å². The summed E-state index contributed by atoms with van der Waals surface area (Å²) in [5, 5.41) is 9.44. The largest absolute Gasteiger partial charge is 0.492 e. The minimum atomic E-state index is -0.151. The molecule has 0 radical (unpaired) electrons. The SMILES string of the molecule is O=C(NCCOc1ccc2ccccc2c1)c1cnn(Cc2ccccc2)c1. The molecule has 0 saturated carbocycles. The predicted molar refractivity (Wildman–Crippen MR) is 110 cm³/mol. The first-order valence-electron chi connectivity index (χ1n) is 9.24. The summed E-state index contributed by atoms with van der Waals surface area (Å²) in [4.78, 5) is 12.3. The number of hydrogen-bond acceptors (Lipinski definition) is 3. The Balaban J connectivity index is 1.26. The highest BCUT2D eigenvalue weighted by Crippen LogP contribution is 2.20. The van der Waals surface area contributed by atoms with Gasteiger partial charge in [-0.05, 0) is 28.5 Å². The van der Waals surface area contributed by atoms with Crippen LogP contribution in [0.4, 0.5) is 0 Å². The van der Waals surface area contributed by atoms with Crippen LogP contribution in [0.15, 0.2) is 85.2 Å². The third kappa shape index (κ3) is 4.38. The van der Waals surface area contributed by atoms with Gasteiger partial charge in [0.2, 0.25) is 0 Å². The number of nitrogens with zero attached hydrogens (tertiary/aromatic N) is 2. The van der Waals surface area contributed by atoms with E-state index in [0.29, 0.717) is 25.3 Å². The zero-order valence-electron chi connectivity index (χ0n) is 15.4. The molecule has 1 heterocycles. The molecule has 4 aromatic rings. The molecule has 0 saturated heterocycles. The Morgan fingerprint density at radius 3 is 2.61 bits per heavy atom. The fourth-order valence-corrected chi connectivity index (χ4v) is 3.03. The van der Waals surface area contributed by atoms with Gasteiger partial charge in [0.05, 0.1) is 24.8 Å². The molecule has 0 aliphatic carbocycles. The maximum Gasteiger partial charge on any atom is 0.254 e. The summed E-state index contributed by atoms with van der Waals surface area (Å²) in [5.41, 5.74) is 1.68. The van der Waals surface area contributed by atoms with Crippen molar-refractivity contribution < 1.29 is 9.53 Å². The molecule has 140 valence electrons. The van der Waals surface area contributed by atoms with Gasteiger partial charge in [0.1, 0.15) is 12.4 Å². The number of carbonyl (C=O) groups is 1. The van der Waals surface area contributed by atoms with Crippen LogP contribution >= 0.6 is 0 Å². The van der Waals surface area contributed by atoms with Gasteiger partial charge in [0.15, 0.2) is 0 Å². The molecule has 3 aromatic carbocycles. The number of benzene rings is 3. The van der Waals surface area contributed by atoms with Gasteiger partial charge >= 0.3 is 0 Å². The zero-order chi connectivity index (χ0) is 19.2. The van der Waals surface area contributed by atoms with E-state index in [1.54, 1.807) is 17.1 Å². The summed E-state index contributed by atoms with van der Waals surface area (Å²) in [6.07, 6.45) is 3.34. The van der Waals surface area contributed by atoms with Gasteiger partial charge in [-0.2, -0.15) is 5.10 Å². The second-order valence-corrected chi connectivity index (χ2v) is 6.53. The van der Waals surface area contributed by atoms with Crippen LogP contribution in [0.3, 0.4) is 0 Å². The number of ether oxygens (including phenoxy) is 1. The summed E-state index contributed by atoms with van der Waals surface area (Å²) in [6, 6.07) is 24.1. The van der Waals surface area contributed by atoms with E-state index < -0.39 is 0 Å². The highest BCUT2D eigenvalue weighted by atomic mass is 16.5. The van der Waals surface area contributed by atoms with Gasteiger partial charge in [-0.1, -0.05) is 60.7 Å². The Labute approximate surface area is 163 Å². The molecule has 1 amide bonds. The smallest absolute Gasteiger partial charge is 0.254 e. The molecule has 5 heteroatoms. The average molecular weight is 371 g/mol. The summed E-state index contributed by atoms with van der Waals surface area (Å²) < 4.78 is 7.51. The highest BCUT2D eigenvalue weighted by molar-refractivity contribution is 5.93. The molecular weight excluding hydrogens is 350 g/mol. The van der Waals surface area contributed by atoms with Crippen LogP contribution in [0, 0.1) is 0 Å². The van der Waals surface area contributed by atoms with E-state index in [1.807, 2.05) is 60.7 Å². The van der Waals surface area contributed by atoms with Crippen LogP contribution in [-0.4, -0.2) is 28.8 Å². The van der Waals surface area contributed by atoms with Gasteiger partial charge in [-0.15, -0.1) is 0 Å². The van der Waals surface area contributed by atoms with Gasteiger partial charge in [-0.25, -0.2) is 0 Å². The second kappa shape index (κ2) is 8.39. The van der Waals surface area contributed by atoms with E-state index in [0.717, 1.165) is 16.7 Å². The predicted octanol–water partition coefficient (Wildman–Crippen LogP) is 3.89. The number of hydrogen-bond donors (Lipinski definition) is 1. The summed E-state index contributed by atoms with van der Waals surface area (Å²) >= 11 is 0. The lowest BCUT2D eigenvalue weighted by atomic mass is 10.1. The van der Waals surface area contributed by atoms with E-state index >= 15 is 0 Å². The molecular formula is C23H21N3O2. The van der Waals surface area contributed by atoms with Crippen molar-refractivity contribution in [3.63, 3.8) is 0 Å². The summed E-state index contributed by atoms with van der Waals surface area (Å²) in [5.74, 6) is 0.644. The lowest BCUT2D eigenvalue weighted by molar-refractivity contribution is 0.0947. The van der Waals surface area contributed by atoms with Crippen LogP contribution in [-0.2, 0) is 6.54 Å². The van der Waals surface area contributed by atoms with Crippen LogP contribution in [0.5, 0.6) is 5.75 Å². The van der Waals surface area contributed by atoms with E-state index in [1.165, 1.54) is 5.39 Å². The van der Waals surface area contributed by atoms with Crippen molar-refractivity contribution in [3.05, 3.63) is 96.3 Å². The topological polar surface area (TPSA) is 56.1 Å². The normalized spacial score (nSPS) is 10.7. The standard InChI is InChI=1S/C23H21N3O2/c27-23(21-15-25-26(17-21)16-18-6-2-1-3-7-18)24-12-13-28-22-11-10-19-8-4-5-9-20(19)14-22/h1-11,14-15,17H,12-13,16H2,(H,24,27). The maximum absolute atomic E-state index is 12.3. The Bertz CT molecular complexity index is 1070. The third-order valence-electron chi connectivity index (χ3n) is 4.46. The van der Waals surface area contributed by atoms with Gasteiger partial charge in [0.25, 0.3) is 5.91 Å². The van der Waals surface area contributed by atoms with Crippen LogP contribution in [0.2, 0.25) is 0 Å². The fraction of sp³-hybridized carbons (Fsp3) is 0.130. The zero-order valence-corrected chi connectivity index (χ0v) is 15.4. The van der Waals surface area contributed by atoms with Crippen molar-refractivity contribution in [1.29, 1.82) is 0 Å². The number of fused-ring (bicyclic) bond motifs is 1. The second-order valence-electron chi connectivity index (χ2n) is 6.53. The first-order chi connectivity index (χ1) is 13.8. The Morgan fingerprint density at radius 2 is 1.75 bits per heavy atom. The van der Waals surface area contributed by atoms with E-state index in [9.17, 15) is 4.79 Å². The number of rotatable bonds is 7. The van der Waals surface area contributed by atoms with Crippen molar-refractivity contribution in [1.82, 2.24) is 15.1 Å². The molecule has 1 aromatic heterocycles. The summed E-state index contributed by atoms with van der Waals surface area (Å²) in [6.45, 7) is 1.47. The average Bonchev–Trinajstić information content (AvgIpc) is 3.20. The van der Waals surface area contributed by atoms with Crippen LogP contribution < -0.4 is 10.1 Å². The minimum Gasteiger partial charge on any atom is -0.492 e. The monoisotopic (exact) mass is 371 g/mol. The van der Waals surface area contributed by atoms with E-state index in [-0.39, 0.29) is 5.91 Å². The van der Waals surface area contributed by atoms with Crippen LogP contribution in [0.25, 0.3) is 10.8 Å². The number of carbonyl (C=O) groups excluding carboxylic acids is 1. The van der Waals surface area contributed by atoms with Gasteiger partial charge < -0.3 is 10.1 Å². The van der Waals surface area contributed by atoms with Crippen molar-refractivity contribution in [3.8, 4) is 5.75 Å². The number of amides is 1. The molecule has 0 unspecified atom stereocenters. The van der Waals surface area contributed by atoms with E-state index in [4.69, 9.17) is 4.74 Å². The highest BCUT2D eigenvalue weighted by Gasteiger charge is 2.08. The lowest BCUT2D eigenvalue weighted by Crippen LogP contribution is -2.27. The number of nitrogens with one attached hydrogen (secondary N) is 1. The molecule has 4 rings (SSSR count). The van der Waals surface area contributed by atoms with Crippen molar-refractivity contribution in [2.45, 2.75) is 6.54 Å². The quantitative estimate of drug-likeness (QED) is 0.502. The molecule has 0 atom stereocenters. The third-order valence-corrected chi connectivity index (χ3v) is 4.46. The Kier molecular flexibility index (Phi) is 5.33. The first-order valence-corrected chi connectivity index (χ1v) is 9.24. The molecule has 1 N–H and O–H groups in total. The van der Waals surface area contributed by atoms with Crippen molar-refractivity contribution in [2.24, 2.45) is 0 Å². The molecule has 5 nitrogen and oxygen atoms in total. The summed E-state index contributed by atoms with van der Waals surface area (Å²) in [7, 11) is 0. The molecule has 0 aliphatic heterocycles. The molecule has 28 heavy (non-hydrogen) atoms. The minimum absolute atomic E-state index is 0.151. The van der Waals surface area contributed by atoms with Crippen molar-refractivity contribution >= 4 is 16.7 Å². The van der Waals surface area contributed by atoms with Crippen molar-refractivity contribution in [2.75, 3.05) is 13.2 Å². The molecule has 0 aliphatic rings. The molecule has 0 spiro atoms. The van der Waals surface area contributed by atoms with Crippen LogP contribution in [0.1, 0.15) is 15.9 Å². The maximum atomic E-state index is 12.3.